The molecule has 3 atom stereocenters. The van der Waals surface area contributed by atoms with Gasteiger partial charge in [0.1, 0.15) is 5.84 Å². The minimum absolute atomic E-state index is 0.198. The summed E-state index contributed by atoms with van der Waals surface area (Å²) >= 11 is 0. The highest BCUT2D eigenvalue weighted by molar-refractivity contribution is 5.95. The van der Waals surface area contributed by atoms with E-state index in [0.717, 1.165) is 46.6 Å². The highest BCUT2D eigenvalue weighted by Crippen LogP contribution is 2.35. The van der Waals surface area contributed by atoms with Gasteiger partial charge in [0, 0.05) is 32.6 Å². The summed E-state index contributed by atoms with van der Waals surface area (Å²) < 4.78 is 5.32. The molecule has 1 aliphatic heterocycles. The van der Waals surface area contributed by atoms with Gasteiger partial charge in [-0.1, -0.05) is 48.5 Å². The van der Waals surface area contributed by atoms with E-state index in [9.17, 15) is 9.90 Å². The van der Waals surface area contributed by atoms with Crippen LogP contribution in [0.2, 0.25) is 0 Å². The van der Waals surface area contributed by atoms with Gasteiger partial charge in [-0.25, -0.2) is 4.99 Å². The van der Waals surface area contributed by atoms with Gasteiger partial charge in [-0.15, -0.1) is 0 Å². The SMILES string of the molecule is COCC1CCC(=Nc2ccc3c(c2)C(NC(=O)c2ccc(-c4ccccc4)cc2)C(O)C3)N1C. The fourth-order valence-electron chi connectivity index (χ4n) is 5.07. The number of ether oxygens (including phenoxy) is 1. The Bertz CT molecular complexity index is 1220. The Hall–Kier alpha value is -3.48. The van der Waals surface area contributed by atoms with Gasteiger partial charge in [-0.3, -0.25) is 4.79 Å². The Morgan fingerprint density at radius 3 is 2.57 bits per heavy atom. The molecule has 6 heteroatoms. The van der Waals surface area contributed by atoms with Crippen LogP contribution in [0.4, 0.5) is 5.69 Å². The Morgan fingerprint density at radius 1 is 1.09 bits per heavy atom. The zero-order chi connectivity index (χ0) is 24.4. The molecule has 1 fully saturated rings. The minimum atomic E-state index is -0.666. The number of nitrogens with one attached hydrogen (secondary N) is 1. The molecule has 0 spiro atoms. The average molecular weight is 470 g/mol. The Labute approximate surface area is 206 Å². The Kier molecular flexibility index (Phi) is 6.66. The number of aliphatic hydroxyl groups excluding tert-OH is 1. The maximum absolute atomic E-state index is 13.0. The summed E-state index contributed by atoms with van der Waals surface area (Å²) in [6, 6.07) is 23.5. The van der Waals surface area contributed by atoms with Crippen LogP contribution in [0.15, 0.2) is 77.8 Å². The average Bonchev–Trinajstić information content (AvgIpc) is 3.38. The first kappa shape index (κ1) is 23.3. The van der Waals surface area contributed by atoms with Gasteiger partial charge >= 0.3 is 0 Å². The van der Waals surface area contributed by atoms with Gasteiger partial charge < -0.3 is 20.1 Å². The fourth-order valence-corrected chi connectivity index (χ4v) is 5.07. The molecule has 0 saturated carbocycles. The molecule has 3 unspecified atom stereocenters. The Morgan fingerprint density at radius 2 is 1.83 bits per heavy atom. The molecule has 0 aromatic heterocycles. The van der Waals surface area contributed by atoms with E-state index >= 15 is 0 Å². The van der Waals surface area contributed by atoms with E-state index in [1.807, 2.05) is 72.8 Å². The number of amidine groups is 1. The zero-order valence-electron chi connectivity index (χ0n) is 20.1. The summed E-state index contributed by atoms with van der Waals surface area (Å²) in [4.78, 5) is 20.1. The first-order valence-corrected chi connectivity index (χ1v) is 12.1. The van der Waals surface area contributed by atoms with E-state index in [2.05, 4.69) is 17.3 Å². The largest absolute Gasteiger partial charge is 0.390 e. The van der Waals surface area contributed by atoms with Crippen molar-refractivity contribution in [3.63, 3.8) is 0 Å². The maximum Gasteiger partial charge on any atom is 0.251 e. The van der Waals surface area contributed by atoms with Crippen LogP contribution in [0.3, 0.4) is 0 Å². The van der Waals surface area contributed by atoms with Crippen molar-refractivity contribution >= 4 is 17.4 Å². The van der Waals surface area contributed by atoms with Crippen LogP contribution in [0.1, 0.15) is 40.4 Å². The lowest BCUT2D eigenvalue weighted by Gasteiger charge is -2.21. The van der Waals surface area contributed by atoms with Crippen LogP contribution in [0.5, 0.6) is 0 Å². The van der Waals surface area contributed by atoms with Crippen LogP contribution in [0, 0.1) is 0 Å². The molecule has 1 amide bonds. The highest BCUT2D eigenvalue weighted by atomic mass is 16.5. The van der Waals surface area contributed by atoms with Crippen molar-refractivity contribution in [2.24, 2.45) is 4.99 Å². The van der Waals surface area contributed by atoms with Gasteiger partial charge in [-0.05, 0) is 52.9 Å². The van der Waals surface area contributed by atoms with E-state index in [4.69, 9.17) is 9.73 Å². The molecule has 2 N–H and O–H groups in total. The van der Waals surface area contributed by atoms with Crippen molar-refractivity contribution in [1.82, 2.24) is 10.2 Å². The van der Waals surface area contributed by atoms with Gasteiger partial charge in [-0.2, -0.15) is 0 Å². The quantitative estimate of drug-likeness (QED) is 0.557. The number of carbonyl (C=O) groups is 1. The van der Waals surface area contributed by atoms with Crippen molar-refractivity contribution in [2.45, 2.75) is 37.5 Å². The summed E-state index contributed by atoms with van der Waals surface area (Å²) in [6.07, 6.45) is 1.78. The zero-order valence-corrected chi connectivity index (χ0v) is 20.1. The second-order valence-corrected chi connectivity index (χ2v) is 9.34. The predicted molar refractivity (Wildman–Crippen MR) is 138 cm³/mol. The number of benzene rings is 3. The molecule has 3 aromatic carbocycles. The first-order valence-electron chi connectivity index (χ1n) is 12.1. The van der Waals surface area contributed by atoms with E-state index < -0.39 is 12.1 Å². The summed E-state index contributed by atoms with van der Waals surface area (Å²) in [6.45, 7) is 0.687. The Balaban J connectivity index is 1.32. The number of methoxy groups -OCH3 is 1. The van der Waals surface area contributed by atoms with Crippen LogP contribution >= 0.6 is 0 Å². The number of amides is 1. The number of carbonyl (C=O) groups excluding carboxylic acids is 1. The fraction of sp³-hybridized carbons (Fsp3) is 0.310. The van der Waals surface area contributed by atoms with E-state index in [-0.39, 0.29) is 5.91 Å². The molecule has 180 valence electrons. The molecule has 3 aromatic rings. The third kappa shape index (κ3) is 4.85. The number of rotatable bonds is 6. The third-order valence-corrected chi connectivity index (χ3v) is 7.09. The number of aliphatic hydroxyl groups is 1. The molecular weight excluding hydrogens is 438 g/mol. The number of fused-ring (bicyclic) bond motifs is 1. The van der Waals surface area contributed by atoms with Crippen molar-refractivity contribution in [1.29, 1.82) is 0 Å². The van der Waals surface area contributed by atoms with Crippen LogP contribution in [-0.4, -0.2) is 54.7 Å². The second kappa shape index (κ2) is 10.0. The molecule has 0 bridgehead atoms. The summed E-state index contributed by atoms with van der Waals surface area (Å²) in [5.74, 6) is 0.834. The number of hydrogen-bond donors (Lipinski definition) is 2. The topological polar surface area (TPSA) is 74.2 Å². The standard InChI is InChI=1S/C29H31N3O3/c1-32-24(18-35-2)14-15-27(32)30-23-13-12-22-16-26(33)28(25(22)17-23)31-29(34)21-10-8-20(9-11-21)19-6-4-3-5-7-19/h3-13,17,24,26,28,33H,14-16,18H2,1-2H3,(H,31,34). The molecule has 1 aliphatic carbocycles. The number of likely N-dealkylation sites (N-methyl/N-ethyl adjacent to an activating group) is 1. The smallest absolute Gasteiger partial charge is 0.251 e. The lowest BCUT2D eigenvalue weighted by atomic mass is 10.0. The van der Waals surface area contributed by atoms with Gasteiger partial charge in [0.25, 0.3) is 5.91 Å². The van der Waals surface area contributed by atoms with Gasteiger partial charge in [0.2, 0.25) is 0 Å². The molecule has 0 radical (unpaired) electrons. The number of aliphatic imine (C=N–C) groups is 1. The monoisotopic (exact) mass is 469 g/mol. The molecule has 1 saturated heterocycles. The number of hydrogen-bond acceptors (Lipinski definition) is 4. The molecule has 1 heterocycles. The predicted octanol–water partition coefficient (Wildman–Crippen LogP) is 4.51. The molecule has 6 nitrogen and oxygen atoms in total. The maximum atomic E-state index is 13.0. The van der Waals surface area contributed by atoms with Gasteiger partial charge in [0.05, 0.1) is 30.5 Å². The number of likely N-dealkylation sites (tertiary alicyclic amines) is 1. The highest BCUT2D eigenvalue weighted by Gasteiger charge is 2.33. The molecule has 35 heavy (non-hydrogen) atoms. The molecule has 5 rings (SSSR count). The van der Waals surface area contributed by atoms with Crippen LogP contribution in [0.25, 0.3) is 11.1 Å². The van der Waals surface area contributed by atoms with Crippen LogP contribution < -0.4 is 5.32 Å². The lowest BCUT2D eigenvalue weighted by molar-refractivity contribution is 0.0858. The van der Waals surface area contributed by atoms with Gasteiger partial charge in [0.15, 0.2) is 0 Å². The van der Waals surface area contributed by atoms with E-state index in [1.165, 1.54) is 0 Å². The molecular formula is C29H31N3O3. The normalized spacial score (nSPS) is 22.4. The van der Waals surface area contributed by atoms with Crippen LogP contribution in [-0.2, 0) is 11.2 Å². The number of nitrogens with zero attached hydrogens (tertiary/aromatic N) is 2. The molecule has 2 aliphatic rings. The second-order valence-electron chi connectivity index (χ2n) is 9.34. The minimum Gasteiger partial charge on any atom is -0.390 e. The summed E-state index contributed by atoms with van der Waals surface area (Å²) in [5.41, 5.74) is 5.55. The summed E-state index contributed by atoms with van der Waals surface area (Å²) in [5, 5.41) is 13.8. The summed E-state index contributed by atoms with van der Waals surface area (Å²) in [7, 11) is 3.78. The van der Waals surface area contributed by atoms with Crippen molar-refractivity contribution in [3.05, 3.63) is 89.5 Å². The lowest BCUT2D eigenvalue weighted by Crippen LogP contribution is -2.33. The first-order chi connectivity index (χ1) is 17.0. The van der Waals surface area contributed by atoms with Crippen molar-refractivity contribution in [2.75, 3.05) is 20.8 Å². The van der Waals surface area contributed by atoms with Crippen molar-refractivity contribution in [3.8, 4) is 11.1 Å². The van der Waals surface area contributed by atoms with E-state index in [1.54, 1.807) is 7.11 Å². The third-order valence-electron chi connectivity index (χ3n) is 7.09. The van der Waals surface area contributed by atoms with Crippen molar-refractivity contribution < 1.29 is 14.6 Å². The van der Waals surface area contributed by atoms with E-state index in [0.29, 0.717) is 24.6 Å².